The van der Waals surface area contributed by atoms with Crippen molar-refractivity contribution >= 4 is 11.8 Å². The van der Waals surface area contributed by atoms with E-state index in [-0.39, 0.29) is 17.9 Å². The van der Waals surface area contributed by atoms with Gasteiger partial charge in [-0.1, -0.05) is 26.2 Å². The monoisotopic (exact) mass is 302 g/mol. The van der Waals surface area contributed by atoms with Crippen LogP contribution < -0.4 is 10.6 Å². The summed E-state index contributed by atoms with van der Waals surface area (Å²) in [6.07, 6.45) is 6.70. The molecule has 120 valence electrons. The van der Waals surface area contributed by atoms with Crippen LogP contribution in [-0.4, -0.2) is 23.9 Å². The maximum Gasteiger partial charge on any atom is 0.251 e. The fourth-order valence-electron chi connectivity index (χ4n) is 2.70. The fourth-order valence-corrected chi connectivity index (χ4v) is 2.70. The Balaban J connectivity index is 1.92. The molecule has 0 saturated heterocycles. The summed E-state index contributed by atoms with van der Waals surface area (Å²) in [6, 6.07) is 7.34. The van der Waals surface area contributed by atoms with Crippen LogP contribution in [0.3, 0.4) is 0 Å². The molecular formula is C18H26N2O2. The molecule has 1 aromatic rings. The summed E-state index contributed by atoms with van der Waals surface area (Å²) in [5.41, 5.74) is 1.21. The average molecular weight is 302 g/mol. The zero-order valence-electron chi connectivity index (χ0n) is 13.5. The third-order valence-corrected chi connectivity index (χ3v) is 4.34. The molecule has 0 bridgehead atoms. The van der Waals surface area contributed by atoms with Gasteiger partial charge in [0.1, 0.15) is 0 Å². The zero-order chi connectivity index (χ0) is 15.9. The number of hydrogen-bond acceptors (Lipinski definition) is 2. The third-order valence-electron chi connectivity index (χ3n) is 4.34. The first-order chi connectivity index (χ1) is 10.6. The molecule has 2 amide bonds. The fraction of sp³-hybridized carbons (Fsp3) is 0.556. The smallest absolute Gasteiger partial charge is 0.251 e. The van der Waals surface area contributed by atoms with E-state index < -0.39 is 0 Å². The number of carbonyl (C=O) groups excluding carboxylic acids is 2. The Morgan fingerprint density at radius 1 is 1.05 bits per heavy atom. The lowest BCUT2D eigenvalue weighted by molar-refractivity contribution is 0.0920. The third kappa shape index (κ3) is 4.58. The number of carbonyl (C=O) groups is 2. The molecule has 1 fully saturated rings. The first-order valence-electron chi connectivity index (χ1n) is 8.32. The molecule has 1 aromatic carbocycles. The van der Waals surface area contributed by atoms with E-state index in [0.29, 0.717) is 17.2 Å². The minimum atomic E-state index is -0.0893. The van der Waals surface area contributed by atoms with Crippen LogP contribution in [0.15, 0.2) is 24.3 Å². The van der Waals surface area contributed by atoms with Gasteiger partial charge in [-0.3, -0.25) is 9.59 Å². The quantitative estimate of drug-likeness (QED) is 0.877. The van der Waals surface area contributed by atoms with E-state index in [4.69, 9.17) is 0 Å². The molecular weight excluding hydrogens is 276 g/mol. The van der Waals surface area contributed by atoms with Gasteiger partial charge in [-0.05, 0) is 50.5 Å². The summed E-state index contributed by atoms with van der Waals surface area (Å²) in [6.45, 7) is 4.01. The summed E-state index contributed by atoms with van der Waals surface area (Å²) in [5, 5.41) is 6.01. The van der Waals surface area contributed by atoms with E-state index in [0.717, 1.165) is 19.3 Å². The predicted octanol–water partition coefficient (Wildman–Crippen LogP) is 3.28. The predicted molar refractivity (Wildman–Crippen MR) is 88.0 cm³/mol. The molecule has 0 radical (unpaired) electrons. The average Bonchev–Trinajstić information content (AvgIpc) is 2.55. The van der Waals surface area contributed by atoms with E-state index in [1.165, 1.54) is 19.3 Å². The van der Waals surface area contributed by atoms with E-state index in [1.807, 2.05) is 13.8 Å². The van der Waals surface area contributed by atoms with E-state index in [1.54, 1.807) is 24.3 Å². The van der Waals surface area contributed by atoms with Crippen LogP contribution in [0.5, 0.6) is 0 Å². The van der Waals surface area contributed by atoms with Crippen molar-refractivity contribution in [2.45, 2.75) is 64.5 Å². The topological polar surface area (TPSA) is 58.2 Å². The van der Waals surface area contributed by atoms with E-state index in [2.05, 4.69) is 10.6 Å². The van der Waals surface area contributed by atoms with Crippen molar-refractivity contribution in [3.63, 3.8) is 0 Å². The molecule has 2 rings (SSSR count). The van der Waals surface area contributed by atoms with Gasteiger partial charge in [-0.15, -0.1) is 0 Å². The Labute approximate surface area is 132 Å². The highest BCUT2D eigenvalue weighted by Gasteiger charge is 2.17. The molecule has 1 unspecified atom stereocenters. The Kier molecular flexibility index (Phi) is 5.99. The van der Waals surface area contributed by atoms with Crippen LogP contribution in [-0.2, 0) is 0 Å². The minimum Gasteiger partial charge on any atom is -0.350 e. The number of benzene rings is 1. The largest absolute Gasteiger partial charge is 0.350 e. The maximum absolute atomic E-state index is 12.2. The van der Waals surface area contributed by atoms with Gasteiger partial charge in [0.25, 0.3) is 11.8 Å². The molecule has 0 aromatic heterocycles. The molecule has 1 aliphatic rings. The highest BCUT2D eigenvalue weighted by Crippen LogP contribution is 2.18. The Hall–Kier alpha value is -1.84. The SMILES string of the molecule is CCC(C)NC(=O)c1ccc(C(=O)NC2CCCCC2)cc1. The molecule has 4 heteroatoms. The summed E-state index contributed by atoms with van der Waals surface area (Å²) in [4.78, 5) is 24.2. The lowest BCUT2D eigenvalue weighted by Crippen LogP contribution is -2.36. The molecule has 22 heavy (non-hydrogen) atoms. The van der Waals surface area contributed by atoms with E-state index in [9.17, 15) is 9.59 Å². The van der Waals surface area contributed by atoms with Crippen LogP contribution in [0.25, 0.3) is 0 Å². The highest BCUT2D eigenvalue weighted by atomic mass is 16.2. The molecule has 0 aliphatic heterocycles. The number of hydrogen-bond donors (Lipinski definition) is 2. The van der Waals surface area contributed by atoms with Crippen LogP contribution in [0.1, 0.15) is 73.1 Å². The summed E-state index contributed by atoms with van der Waals surface area (Å²) < 4.78 is 0. The number of nitrogens with one attached hydrogen (secondary N) is 2. The second-order valence-corrected chi connectivity index (χ2v) is 6.17. The van der Waals surface area contributed by atoms with Crippen molar-refractivity contribution in [3.05, 3.63) is 35.4 Å². The second-order valence-electron chi connectivity index (χ2n) is 6.17. The van der Waals surface area contributed by atoms with Crippen molar-refractivity contribution in [3.8, 4) is 0 Å². The van der Waals surface area contributed by atoms with Gasteiger partial charge in [-0.25, -0.2) is 0 Å². The Morgan fingerprint density at radius 3 is 2.14 bits per heavy atom. The van der Waals surface area contributed by atoms with Gasteiger partial charge < -0.3 is 10.6 Å². The second kappa shape index (κ2) is 7.97. The Bertz CT molecular complexity index is 504. The van der Waals surface area contributed by atoms with Crippen molar-refractivity contribution in [2.24, 2.45) is 0 Å². The summed E-state index contributed by atoms with van der Waals surface area (Å²) in [7, 11) is 0. The van der Waals surface area contributed by atoms with Crippen LogP contribution in [0, 0.1) is 0 Å². The van der Waals surface area contributed by atoms with Crippen LogP contribution >= 0.6 is 0 Å². The van der Waals surface area contributed by atoms with Crippen molar-refractivity contribution in [1.29, 1.82) is 0 Å². The molecule has 2 N–H and O–H groups in total. The lowest BCUT2D eigenvalue weighted by Gasteiger charge is -2.22. The van der Waals surface area contributed by atoms with Gasteiger partial charge >= 0.3 is 0 Å². The normalized spacial score (nSPS) is 16.8. The maximum atomic E-state index is 12.2. The van der Waals surface area contributed by atoms with Crippen LogP contribution in [0.2, 0.25) is 0 Å². The minimum absolute atomic E-state index is 0.0409. The van der Waals surface area contributed by atoms with E-state index >= 15 is 0 Å². The first kappa shape index (κ1) is 16.5. The van der Waals surface area contributed by atoms with Crippen molar-refractivity contribution < 1.29 is 9.59 Å². The number of amides is 2. The molecule has 1 saturated carbocycles. The first-order valence-corrected chi connectivity index (χ1v) is 8.32. The highest BCUT2D eigenvalue weighted by molar-refractivity contribution is 5.98. The molecule has 0 heterocycles. The van der Waals surface area contributed by atoms with Gasteiger partial charge in [0.2, 0.25) is 0 Å². The molecule has 1 atom stereocenters. The van der Waals surface area contributed by atoms with Crippen LogP contribution in [0.4, 0.5) is 0 Å². The van der Waals surface area contributed by atoms with Gasteiger partial charge in [0, 0.05) is 23.2 Å². The Morgan fingerprint density at radius 2 is 1.59 bits per heavy atom. The zero-order valence-corrected chi connectivity index (χ0v) is 13.5. The molecule has 4 nitrogen and oxygen atoms in total. The van der Waals surface area contributed by atoms with Crippen molar-refractivity contribution in [1.82, 2.24) is 10.6 Å². The summed E-state index contributed by atoms with van der Waals surface area (Å²) in [5.74, 6) is -0.130. The molecule has 1 aliphatic carbocycles. The summed E-state index contributed by atoms with van der Waals surface area (Å²) >= 11 is 0. The number of rotatable bonds is 5. The van der Waals surface area contributed by atoms with Gasteiger partial charge in [0.05, 0.1) is 0 Å². The standard InChI is InChI=1S/C18H26N2O2/c1-3-13(2)19-17(21)14-9-11-15(12-10-14)18(22)20-16-7-5-4-6-8-16/h9-13,16H,3-8H2,1-2H3,(H,19,21)(H,20,22). The lowest BCUT2D eigenvalue weighted by atomic mass is 9.95. The van der Waals surface area contributed by atoms with Gasteiger partial charge in [-0.2, -0.15) is 0 Å². The van der Waals surface area contributed by atoms with Gasteiger partial charge in [0.15, 0.2) is 0 Å². The van der Waals surface area contributed by atoms with Crippen molar-refractivity contribution in [2.75, 3.05) is 0 Å². The molecule has 0 spiro atoms.